The van der Waals surface area contributed by atoms with Crippen molar-refractivity contribution in [2.75, 3.05) is 0 Å². The van der Waals surface area contributed by atoms with E-state index in [1.54, 1.807) is 0 Å². The zero-order valence-electron chi connectivity index (χ0n) is 9.22. The number of halogens is 3. The Morgan fingerprint density at radius 3 is 2.76 bits per heavy atom. The molecule has 1 atom stereocenters. The van der Waals surface area contributed by atoms with Gasteiger partial charge in [0.15, 0.2) is 0 Å². The third-order valence-electron chi connectivity index (χ3n) is 3.40. The van der Waals surface area contributed by atoms with E-state index in [9.17, 15) is 18.0 Å². The van der Waals surface area contributed by atoms with Crippen molar-refractivity contribution < 1.29 is 22.7 Å². The molecule has 0 aromatic heterocycles. The summed E-state index contributed by atoms with van der Waals surface area (Å²) in [5.41, 5.74) is 0.206. The fraction of sp³-hybridized carbons (Fsp3) is 0.583. The zero-order valence-corrected chi connectivity index (χ0v) is 9.22. The summed E-state index contributed by atoms with van der Waals surface area (Å²) in [6, 6.07) is 0. The van der Waals surface area contributed by atoms with Crippen LogP contribution in [0.2, 0.25) is 0 Å². The van der Waals surface area contributed by atoms with E-state index in [0.29, 0.717) is 12.8 Å². The quantitative estimate of drug-likeness (QED) is 0.697. The molecule has 1 saturated carbocycles. The van der Waals surface area contributed by atoms with Crippen molar-refractivity contribution in [3.63, 3.8) is 0 Å². The van der Waals surface area contributed by atoms with Crippen LogP contribution in [0.25, 0.3) is 0 Å². The Morgan fingerprint density at radius 1 is 1.35 bits per heavy atom. The number of carbonyl (C=O) groups excluding carboxylic acids is 1. The second kappa shape index (κ2) is 4.20. The average Bonchev–Trinajstić information content (AvgIpc) is 2.27. The average molecular weight is 246 g/mol. The van der Waals surface area contributed by atoms with E-state index >= 15 is 0 Å². The van der Waals surface area contributed by atoms with Crippen molar-refractivity contribution in [1.29, 1.82) is 0 Å². The highest BCUT2D eigenvalue weighted by atomic mass is 19.4. The van der Waals surface area contributed by atoms with Crippen LogP contribution in [0.4, 0.5) is 13.2 Å². The topological polar surface area (TPSA) is 26.3 Å². The van der Waals surface area contributed by atoms with Crippen molar-refractivity contribution >= 4 is 6.29 Å². The van der Waals surface area contributed by atoms with Crippen molar-refractivity contribution in [3.05, 3.63) is 23.5 Å². The van der Waals surface area contributed by atoms with Crippen LogP contribution in [0.5, 0.6) is 0 Å². The molecule has 0 saturated heterocycles. The lowest BCUT2D eigenvalue weighted by molar-refractivity contribution is -0.303. The molecule has 2 rings (SSSR count). The first-order valence-electron chi connectivity index (χ1n) is 5.58. The van der Waals surface area contributed by atoms with Gasteiger partial charge in [-0.1, -0.05) is 12.0 Å². The maximum Gasteiger partial charge on any atom is 0.573 e. The lowest BCUT2D eigenvalue weighted by atomic mass is 9.67. The Labute approximate surface area is 97.1 Å². The molecule has 1 fully saturated rings. The van der Waals surface area contributed by atoms with Crippen LogP contribution in [-0.4, -0.2) is 12.6 Å². The van der Waals surface area contributed by atoms with Gasteiger partial charge in [-0.25, -0.2) is 0 Å². The predicted octanol–water partition coefficient (Wildman–Crippen LogP) is 3.50. The minimum Gasteiger partial charge on any atom is -0.406 e. The predicted molar refractivity (Wildman–Crippen MR) is 54.9 cm³/mol. The molecular weight excluding hydrogens is 233 g/mol. The number of ether oxygens (including phenoxy) is 1. The van der Waals surface area contributed by atoms with Crippen LogP contribution in [-0.2, 0) is 9.53 Å². The van der Waals surface area contributed by atoms with Crippen molar-refractivity contribution in [2.45, 2.75) is 38.5 Å². The zero-order chi connectivity index (χ0) is 12.5. The largest absolute Gasteiger partial charge is 0.573 e. The maximum absolute atomic E-state index is 12.1. The maximum atomic E-state index is 12.1. The molecule has 0 heterocycles. The van der Waals surface area contributed by atoms with Gasteiger partial charge in [-0.3, -0.25) is 0 Å². The van der Waals surface area contributed by atoms with Crippen LogP contribution in [0.15, 0.2) is 23.5 Å². The number of carbonyl (C=O) groups is 1. The van der Waals surface area contributed by atoms with E-state index in [2.05, 4.69) is 4.74 Å². The van der Waals surface area contributed by atoms with Gasteiger partial charge in [0.2, 0.25) is 0 Å². The van der Waals surface area contributed by atoms with Crippen LogP contribution in [0.3, 0.4) is 0 Å². The standard InChI is InChI=1S/C12H13F3O2/c13-12(14,15)17-10-4-6-11(8-16)5-2-1-3-9(11)7-10/h4,7-8H,1-3,5-6H2. The fourth-order valence-corrected chi connectivity index (χ4v) is 2.52. The molecule has 5 heteroatoms. The summed E-state index contributed by atoms with van der Waals surface area (Å²) < 4.78 is 40.1. The van der Waals surface area contributed by atoms with Crippen molar-refractivity contribution in [1.82, 2.24) is 0 Å². The Hall–Kier alpha value is -1.26. The molecule has 0 bridgehead atoms. The highest BCUT2D eigenvalue weighted by molar-refractivity contribution is 5.67. The summed E-state index contributed by atoms with van der Waals surface area (Å²) in [4.78, 5) is 11.2. The Bertz CT molecular complexity index is 382. The van der Waals surface area contributed by atoms with Gasteiger partial charge in [-0.15, -0.1) is 13.2 Å². The highest BCUT2D eigenvalue weighted by Crippen LogP contribution is 2.45. The first kappa shape index (κ1) is 12.2. The normalized spacial score (nSPS) is 28.9. The molecule has 0 aliphatic heterocycles. The molecule has 2 aliphatic rings. The summed E-state index contributed by atoms with van der Waals surface area (Å²) in [6.07, 6.45) is 2.52. The highest BCUT2D eigenvalue weighted by Gasteiger charge is 2.39. The molecule has 0 aromatic carbocycles. The summed E-state index contributed by atoms with van der Waals surface area (Å²) >= 11 is 0. The van der Waals surface area contributed by atoms with E-state index in [-0.39, 0.29) is 5.76 Å². The second-order valence-electron chi connectivity index (χ2n) is 4.51. The molecule has 0 spiro atoms. The minimum absolute atomic E-state index is 0.188. The lowest BCUT2D eigenvalue weighted by Gasteiger charge is -2.36. The van der Waals surface area contributed by atoms with Crippen molar-refractivity contribution in [3.8, 4) is 0 Å². The summed E-state index contributed by atoms with van der Waals surface area (Å²) in [6.45, 7) is 0. The Morgan fingerprint density at radius 2 is 2.12 bits per heavy atom. The smallest absolute Gasteiger partial charge is 0.406 e. The van der Waals surface area contributed by atoms with E-state index in [4.69, 9.17) is 0 Å². The van der Waals surface area contributed by atoms with E-state index < -0.39 is 11.8 Å². The van der Waals surface area contributed by atoms with Gasteiger partial charge in [-0.2, -0.15) is 0 Å². The van der Waals surface area contributed by atoms with Crippen LogP contribution in [0.1, 0.15) is 32.1 Å². The molecular formula is C12H13F3O2. The van der Waals surface area contributed by atoms with E-state index in [1.165, 1.54) is 12.2 Å². The molecule has 0 amide bonds. The molecule has 0 aromatic rings. The molecule has 1 unspecified atom stereocenters. The van der Waals surface area contributed by atoms with Crippen LogP contribution < -0.4 is 0 Å². The van der Waals surface area contributed by atoms with Crippen LogP contribution >= 0.6 is 0 Å². The number of aldehydes is 1. The Kier molecular flexibility index (Phi) is 3.02. The second-order valence-corrected chi connectivity index (χ2v) is 4.51. The molecule has 2 aliphatic carbocycles. The van der Waals surface area contributed by atoms with Gasteiger partial charge in [-0.05, 0) is 37.8 Å². The number of allylic oxidation sites excluding steroid dienone is 3. The summed E-state index contributed by atoms with van der Waals surface area (Å²) in [5.74, 6) is -0.188. The molecule has 17 heavy (non-hydrogen) atoms. The molecule has 94 valence electrons. The number of alkyl halides is 3. The summed E-state index contributed by atoms with van der Waals surface area (Å²) in [5, 5.41) is 0. The Balaban J connectivity index is 2.20. The third-order valence-corrected chi connectivity index (χ3v) is 3.40. The van der Waals surface area contributed by atoms with Gasteiger partial charge >= 0.3 is 6.36 Å². The molecule has 0 radical (unpaired) electrons. The first-order valence-corrected chi connectivity index (χ1v) is 5.58. The fourth-order valence-electron chi connectivity index (χ4n) is 2.52. The van der Waals surface area contributed by atoms with Gasteiger partial charge in [0.1, 0.15) is 12.0 Å². The number of hydrogen-bond acceptors (Lipinski definition) is 2. The summed E-state index contributed by atoms with van der Waals surface area (Å²) in [7, 11) is 0. The SMILES string of the molecule is O=CC12CC=C(OC(F)(F)F)C=C1CCCC2. The first-order chi connectivity index (χ1) is 7.95. The van der Waals surface area contributed by atoms with E-state index in [0.717, 1.165) is 31.1 Å². The minimum atomic E-state index is -4.67. The molecule has 0 N–H and O–H groups in total. The van der Waals surface area contributed by atoms with Gasteiger partial charge in [0.05, 0.1) is 5.41 Å². The molecule has 2 nitrogen and oxygen atoms in total. The van der Waals surface area contributed by atoms with Gasteiger partial charge in [0, 0.05) is 0 Å². The monoisotopic (exact) mass is 246 g/mol. The van der Waals surface area contributed by atoms with Crippen LogP contribution in [0, 0.1) is 5.41 Å². The van der Waals surface area contributed by atoms with Gasteiger partial charge in [0.25, 0.3) is 0 Å². The van der Waals surface area contributed by atoms with Crippen molar-refractivity contribution in [2.24, 2.45) is 5.41 Å². The number of hydrogen-bond donors (Lipinski definition) is 0. The lowest BCUT2D eigenvalue weighted by Crippen LogP contribution is -2.30. The third kappa shape index (κ3) is 2.53. The van der Waals surface area contributed by atoms with E-state index in [1.807, 2.05) is 0 Å². The number of fused-ring (bicyclic) bond motifs is 1. The number of rotatable bonds is 2. The van der Waals surface area contributed by atoms with Gasteiger partial charge < -0.3 is 9.53 Å².